The molecule has 1 aliphatic rings. The van der Waals surface area contributed by atoms with Crippen molar-refractivity contribution in [1.82, 2.24) is 0 Å². The van der Waals surface area contributed by atoms with Crippen molar-refractivity contribution < 1.29 is 33.9 Å². The van der Waals surface area contributed by atoms with Crippen LogP contribution in [0.15, 0.2) is 18.2 Å². The summed E-state index contributed by atoms with van der Waals surface area (Å²) in [6.07, 6.45) is 0. The van der Waals surface area contributed by atoms with Crippen molar-refractivity contribution in [2.24, 2.45) is 0 Å². The summed E-state index contributed by atoms with van der Waals surface area (Å²) in [5, 5.41) is 19.7. The van der Waals surface area contributed by atoms with E-state index in [1.54, 1.807) is 18.2 Å². The number of methoxy groups -OCH3 is 3. The van der Waals surface area contributed by atoms with Gasteiger partial charge >= 0.3 is 0 Å². The molecule has 7 heteroatoms. The number of fused-ring (bicyclic) bond motifs is 1. The molecule has 0 aliphatic carbocycles. The third-order valence-corrected chi connectivity index (χ3v) is 4.12. The lowest BCUT2D eigenvalue weighted by atomic mass is 9.93. The Morgan fingerprint density at radius 3 is 2.04 bits per heavy atom. The number of hydrogen-bond donors (Lipinski definition) is 2. The van der Waals surface area contributed by atoms with Gasteiger partial charge in [0.05, 0.1) is 34.5 Å². The van der Waals surface area contributed by atoms with Crippen molar-refractivity contribution in [2.45, 2.75) is 13.2 Å². The lowest BCUT2D eigenvalue weighted by molar-refractivity contribution is 0.174. The van der Waals surface area contributed by atoms with Gasteiger partial charge in [-0.25, -0.2) is 0 Å². The second-order valence-corrected chi connectivity index (χ2v) is 5.36. The predicted molar refractivity (Wildman–Crippen MR) is 89.5 cm³/mol. The van der Waals surface area contributed by atoms with E-state index in [1.807, 2.05) is 0 Å². The van der Waals surface area contributed by atoms with E-state index in [1.165, 1.54) is 21.3 Å². The molecular formula is C18H20O7. The lowest BCUT2D eigenvalue weighted by Crippen LogP contribution is -2.02. The molecule has 0 fully saturated rings. The van der Waals surface area contributed by atoms with Crippen molar-refractivity contribution in [3.8, 4) is 39.9 Å². The van der Waals surface area contributed by atoms with Crippen molar-refractivity contribution in [2.75, 3.05) is 28.1 Å². The molecule has 0 amide bonds. The fourth-order valence-corrected chi connectivity index (χ4v) is 2.97. The lowest BCUT2D eigenvalue weighted by Gasteiger charge is -2.20. The summed E-state index contributed by atoms with van der Waals surface area (Å²) in [6, 6.07) is 5.16. The predicted octanol–water partition coefficient (Wildman–Crippen LogP) is 2.09. The van der Waals surface area contributed by atoms with Gasteiger partial charge < -0.3 is 33.9 Å². The quantitative estimate of drug-likeness (QED) is 0.826. The zero-order valence-corrected chi connectivity index (χ0v) is 14.3. The topological polar surface area (TPSA) is 86.6 Å². The van der Waals surface area contributed by atoms with Crippen LogP contribution in [0.4, 0.5) is 0 Å². The molecule has 25 heavy (non-hydrogen) atoms. The Bertz CT molecular complexity index is 786. The van der Waals surface area contributed by atoms with Crippen molar-refractivity contribution in [3.05, 3.63) is 29.3 Å². The summed E-state index contributed by atoms with van der Waals surface area (Å²) in [5.74, 6) is 2.38. The molecule has 0 spiro atoms. The smallest absolute Gasteiger partial charge is 0.231 e. The van der Waals surface area contributed by atoms with Crippen LogP contribution in [-0.4, -0.2) is 38.3 Å². The zero-order valence-electron chi connectivity index (χ0n) is 14.3. The van der Waals surface area contributed by atoms with E-state index in [4.69, 9.17) is 23.7 Å². The van der Waals surface area contributed by atoms with Gasteiger partial charge in [0.1, 0.15) is 0 Å². The molecule has 2 N–H and O–H groups in total. The molecule has 2 aromatic rings. The Balaban J connectivity index is 2.33. The average Bonchev–Trinajstić information content (AvgIpc) is 3.12. The van der Waals surface area contributed by atoms with Crippen molar-refractivity contribution >= 4 is 0 Å². The normalized spacial score (nSPS) is 12.2. The van der Waals surface area contributed by atoms with Gasteiger partial charge in [-0.3, -0.25) is 0 Å². The molecule has 0 bridgehead atoms. The molecule has 0 aromatic heterocycles. The highest BCUT2D eigenvalue weighted by molar-refractivity contribution is 5.83. The Kier molecular flexibility index (Phi) is 4.87. The van der Waals surface area contributed by atoms with Gasteiger partial charge in [0, 0.05) is 5.56 Å². The maximum absolute atomic E-state index is 9.87. The first-order valence-electron chi connectivity index (χ1n) is 7.64. The van der Waals surface area contributed by atoms with Gasteiger partial charge in [-0.2, -0.15) is 0 Å². The maximum atomic E-state index is 9.87. The molecule has 7 nitrogen and oxygen atoms in total. The molecular weight excluding hydrogens is 328 g/mol. The van der Waals surface area contributed by atoms with Crippen LogP contribution in [0.3, 0.4) is 0 Å². The Labute approximate surface area is 145 Å². The first kappa shape index (κ1) is 17.2. The van der Waals surface area contributed by atoms with Crippen LogP contribution < -0.4 is 23.7 Å². The standard InChI is InChI=1S/C18H20O7/c1-21-15-5-11(8-20)16(18(23-3)17(15)22-2)12-6-14-13(24-9-25-14)4-10(12)7-19/h4-6,19-20H,7-9H2,1-3H3. The number of hydrogen-bond acceptors (Lipinski definition) is 7. The summed E-state index contributed by atoms with van der Waals surface area (Å²) >= 11 is 0. The van der Waals surface area contributed by atoms with Gasteiger partial charge in [-0.15, -0.1) is 0 Å². The molecule has 3 rings (SSSR count). The van der Waals surface area contributed by atoms with E-state index < -0.39 is 0 Å². The van der Waals surface area contributed by atoms with Gasteiger partial charge in [0.15, 0.2) is 23.0 Å². The van der Waals surface area contributed by atoms with Crippen LogP contribution in [-0.2, 0) is 13.2 Å². The minimum absolute atomic E-state index is 0.125. The largest absolute Gasteiger partial charge is 0.493 e. The summed E-state index contributed by atoms with van der Waals surface area (Å²) in [5.41, 5.74) is 2.45. The molecule has 134 valence electrons. The molecule has 1 heterocycles. The average molecular weight is 348 g/mol. The van der Waals surface area contributed by atoms with E-state index in [9.17, 15) is 10.2 Å². The summed E-state index contributed by atoms with van der Waals surface area (Å²) in [6.45, 7) is -0.334. The van der Waals surface area contributed by atoms with E-state index >= 15 is 0 Å². The van der Waals surface area contributed by atoms with Crippen LogP contribution in [0.2, 0.25) is 0 Å². The van der Waals surface area contributed by atoms with E-state index in [0.29, 0.717) is 51.0 Å². The maximum Gasteiger partial charge on any atom is 0.231 e. The molecule has 0 radical (unpaired) electrons. The fraction of sp³-hybridized carbons (Fsp3) is 0.333. The summed E-state index contributed by atoms with van der Waals surface area (Å²) in [4.78, 5) is 0. The molecule has 2 aromatic carbocycles. The highest BCUT2D eigenvalue weighted by Gasteiger charge is 2.25. The number of aliphatic hydroxyl groups excluding tert-OH is 2. The highest BCUT2D eigenvalue weighted by atomic mass is 16.7. The monoisotopic (exact) mass is 348 g/mol. The Morgan fingerprint density at radius 1 is 0.840 bits per heavy atom. The summed E-state index contributed by atoms with van der Waals surface area (Å²) in [7, 11) is 4.53. The van der Waals surface area contributed by atoms with Gasteiger partial charge in [0.2, 0.25) is 12.5 Å². The van der Waals surface area contributed by atoms with E-state index in [0.717, 1.165) is 0 Å². The summed E-state index contributed by atoms with van der Waals surface area (Å²) < 4.78 is 27.1. The third kappa shape index (κ3) is 2.81. The van der Waals surface area contributed by atoms with Crippen LogP contribution in [0, 0.1) is 0 Å². The van der Waals surface area contributed by atoms with Gasteiger partial charge in [0.25, 0.3) is 0 Å². The second kappa shape index (κ2) is 7.08. The SMILES string of the molecule is COc1cc(CO)c(-c2cc3c(cc2CO)OCO3)c(OC)c1OC. The number of ether oxygens (including phenoxy) is 5. The number of aliphatic hydroxyl groups is 2. The van der Waals surface area contributed by atoms with Gasteiger partial charge in [-0.1, -0.05) is 0 Å². The van der Waals surface area contributed by atoms with Crippen LogP contribution >= 0.6 is 0 Å². The Morgan fingerprint density at radius 2 is 1.48 bits per heavy atom. The fourth-order valence-electron chi connectivity index (χ4n) is 2.97. The second-order valence-electron chi connectivity index (χ2n) is 5.36. The van der Waals surface area contributed by atoms with Gasteiger partial charge in [-0.05, 0) is 34.9 Å². The zero-order chi connectivity index (χ0) is 18.0. The molecule has 0 saturated heterocycles. The molecule has 0 saturated carbocycles. The first-order valence-corrected chi connectivity index (χ1v) is 7.64. The number of benzene rings is 2. The third-order valence-electron chi connectivity index (χ3n) is 4.12. The highest BCUT2D eigenvalue weighted by Crippen LogP contribution is 2.49. The number of rotatable bonds is 6. The van der Waals surface area contributed by atoms with Crippen molar-refractivity contribution in [3.63, 3.8) is 0 Å². The molecule has 0 atom stereocenters. The van der Waals surface area contributed by atoms with Crippen LogP contribution in [0.25, 0.3) is 11.1 Å². The molecule has 0 unspecified atom stereocenters. The van der Waals surface area contributed by atoms with Crippen LogP contribution in [0.5, 0.6) is 28.7 Å². The van der Waals surface area contributed by atoms with Crippen LogP contribution in [0.1, 0.15) is 11.1 Å². The first-order chi connectivity index (χ1) is 12.2. The van der Waals surface area contributed by atoms with E-state index in [-0.39, 0.29) is 20.0 Å². The van der Waals surface area contributed by atoms with Crippen molar-refractivity contribution in [1.29, 1.82) is 0 Å². The van der Waals surface area contributed by atoms with E-state index in [2.05, 4.69) is 0 Å². The minimum Gasteiger partial charge on any atom is -0.493 e. The minimum atomic E-state index is -0.245. The molecule has 1 aliphatic heterocycles. The Hall–Kier alpha value is -2.64.